The summed E-state index contributed by atoms with van der Waals surface area (Å²) < 4.78 is 5.16. The first-order chi connectivity index (χ1) is 12.6. The van der Waals surface area contributed by atoms with Crippen LogP contribution in [0.3, 0.4) is 0 Å². The molecular weight excluding hydrogens is 364 g/mol. The van der Waals surface area contributed by atoms with E-state index in [1.54, 1.807) is 6.92 Å². The zero-order valence-corrected chi connectivity index (χ0v) is 17.9. The van der Waals surface area contributed by atoms with Gasteiger partial charge in [-0.1, -0.05) is 0 Å². The third-order valence-corrected chi connectivity index (χ3v) is 5.04. The van der Waals surface area contributed by atoms with Crippen molar-refractivity contribution in [2.75, 3.05) is 24.6 Å². The second-order valence-electron chi connectivity index (χ2n) is 7.36. The third kappa shape index (κ3) is 4.94. The van der Waals surface area contributed by atoms with Crippen molar-refractivity contribution in [1.82, 2.24) is 15.3 Å². The standard InChI is InChI=1S/C19H28N4O3S/c1-8-23(10-13(24)22-19(5,6)7)16-14-11(3)15(18(25)26-9-2)27-17(14)21-12(4)20-16/h8-10H2,1-7H3,(H,22,24). The van der Waals surface area contributed by atoms with Crippen molar-refractivity contribution in [2.24, 2.45) is 0 Å². The zero-order chi connectivity index (χ0) is 20.4. The number of rotatable bonds is 6. The number of carbonyl (C=O) groups is 2. The van der Waals surface area contributed by atoms with Crippen molar-refractivity contribution in [3.8, 4) is 0 Å². The molecule has 0 saturated carbocycles. The number of nitrogens with zero attached hydrogens (tertiary/aromatic N) is 3. The van der Waals surface area contributed by atoms with Crippen LogP contribution in [0.5, 0.6) is 0 Å². The van der Waals surface area contributed by atoms with Gasteiger partial charge in [0.25, 0.3) is 0 Å². The van der Waals surface area contributed by atoms with E-state index in [-0.39, 0.29) is 24.0 Å². The number of esters is 1. The first kappa shape index (κ1) is 21.1. The summed E-state index contributed by atoms with van der Waals surface area (Å²) in [7, 11) is 0. The molecule has 2 rings (SSSR count). The van der Waals surface area contributed by atoms with E-state index in [4.69, 9.17) is 4.74 Å². The summed E-state index contributed by atoms with van der Waals surface area (Å²) >= 11 is 1.30. The summed E-state index contributed by atoms with van der Waals surface area (Å²) in [5, 5.41) is 3.78. The molecule has 0 radical (unpaired) electrons. The van der Waals surface area contributed by atoms with Gasteiger partial charge in [0, 0.05) is 12.1 Å². The number of amides is 1. The highest BCUT2D eigenvalue weighted by Crippen LogP contribution is 2.35. The lowest BCUT2D eigenvalue weighted by atomic mass is 10.1. The van der Waals surface area contributed by atoms with Crippen molar-refractivity contribution in [3.05, 3.63) is 16.3 Å². The number of ether oxygens (including phenoxy) is 1. The first-order valence-corrected chi connectivity index (χ1v) is 9.89. The van der Waals surface area contributed by atoms with E-state index < -0.39 is 0 Å². The topological polar surface area (TPSA) is 84.4 Å². The average molecular weight is 393 g/mol. The molecule has 0 bridgehead atoms. The average Bonchev–Trinajstić information content (AvgIpc) is 2.87. The Morgan fingerprint density at radius 3 is 2.41 bits per heavy atom. The Hall–Kier alpha value is -2.22. The van der Waals surface area contributed by atoms with E-state index in [1.165, 1.54) is 11.3 Å². The number of thiophene rings is 1. The number of aryl methyl sites for hydroxylation is 2. The first-order valence-electron chi connectivity index (χ1n) is 9.08. The SMILES string of the molecule is CCOC(=O)c1sc2nc(C)nc(N(CC)CC(=O)NC(C)(C)C)c2c1C. The third-order valence-electron chi connectivity index (χ3n) is 3.87. The fourth-order valence-electron chi connectivity index (χ4n) is 2.81. The largest absolute Gasteiger partial charge is 0.462 e. The number of hydrogen-bond acceptors (Lipinski definition) is 7. The van der Waals surface area contributed by atoms with E-state index in [0.29, 0.717) is 29.7 Å². The molecule has 0 aromatic carbocycles. The van der Waals surface area contributed by atoms with Crippen LogP contribution >= 0.6 is 11.3 Å². The van der Waals surface area contributed by atoms with Gasteiger partial charge in [0.1, 0.15) is 21.3 Å². The fourth-order valence-corrected chi connectivity index (χ4v) is 3.92. The molecule has 0 unspecified atom stereocenters. The molecule has 1 amide bonds. The zero-order valence-electron chi connectivity index (χ0n) is 17.1. The summed E-state index contributed by atoms with van der Waals surface area (Å²) in [5.74, 6) is 0.847. The highest BCUT2D eigenvalue weighted by atomic mass is 32.1. The van der Waals surface area contributed by atoms with E-state index >= 15 is 0 Å². The molecule has 2 aromatic heterocycles. The molecular formula is C19H28N4O3S. The molecule has 2 heterocycles. The second kappa shape index (κ2) is 8.21. The van der Waals surface area contributed by atoms with Gasteiger partial charge in [0.05, 0.1) is 18.5 Å². The molecule has 0 aliphatic heterocycles. The molecule has 7 nitrogen and oxygen atoms in total. The van der Waals surface area contributed by atoms with Crippen molar-refractivity contribution in [2.45, 2.75) is 54.0 Å². The van der Waals surface area contributed by atoms with Crippen LogP contribution < -0.4 is 10.2 Å². The Morgan fingerprint density at radius 1 is 1.19 bits per heavy atom. The fraction of sp³-hybridized carbons (Fsp3) is 0.579. The van der Waals surface area contributed by atoms with Crippen molar-refractivity contribution in [3.63, 3.8) is 0 Å². The lowest BCUT2D eigenvalue weighted by Gasteiger charge is -2.26. The minimum absolute atomic E-state index is 0.0766. The van der Waals surface area contributed by atoms with E-state index in [0.717, 1.165) is 15.8 Å². The minimum atomic E-state index is -0.352. The number of aromatic nitrogens is 2. The number of likely N-dealkylation sites (N-methyl/N-ethyl adjacent to an activating group) is 1. The number of anilines is 1. The molecule has 0 saturated heterocycles. The summed E-state index contributed by atoms with van der Waals surface area (Å²) in [6, 6.07) is 0. The van der Waals surface area contributed by atoms with Crippen molar-refractivity contribution in [1.29, 1.82) is 0 Å². The molecule has 0 spiro atoms. The van der Waals surface area contributed by atoms with Gasteiger partial charge >= 0.3 is 5.97 Å². The van der Waals surface area contributed by atoms with Gasteiger partial charge in [-0.3, -0.25) is 4.79 Å². The normalized spacial score (nSPS) is 11.5. The Balaban J connectivity index is 2.49. The molecule has 0 aliphatic rings. The van der Waals surface area contributed by atoms with Crippen LogP contribution in [0.4, 0.5) is 5.82 Å². The molecule has 148 valence electrons. The lowest BCUT2D eigenvalue weighted by molar-refractivity contribution is -0.121. The van der Waals surface area contributed by atoms with Crippen LogP contribution in [-0.4, -0.2) is 47.1 Å². The van der Waals surface area contributed by atoms with Gasteiger partial charge in [0.15, 0.2) is 0 Å². The molecule has 2 aromatic rings. The number of nitrogens with one attached hydrogen (secondary N) is 1. The van der Waals surface area contributed by atoms with Crippen LogP contribution in [0.15, 0.2) is 0 Å². The predicted molar refractivity (Wildman–Crippen MR) is 109 cm³/mol. The van der Waals surface area contributed by atoms with Gasteiger partial charge in [0.2, 0.25) is 5.91 Å². The van der Waals surface area contributed by atoms with Crippen LogP contribution in [0.25, 0.3) is 10.2 Å². The minimum Gasteiger partial charge on any atom is -0.462 e. The summed E-state index contributed by atoms with van der Waals surface area (Å²) in [6.07, 6.45) is 0. The van der Waals surface area contributed by atoms with Gasteiger partial charge in [-0.25, -0.2) is 14.8 Å². The van der Waals surface area contributed by atoms with E-state index in [2.05, 4.69) is 15.3 Å². The van der Waals surface area contributed by atoms with Gasteiger partial charge in [-0.2, -0.15) is 0 Å². The smallest absolute Gasteiger partial charge is 0.348 e. The lowest BCUT2D eigenvalue weighted by Crippen LogP contribution is -2.46. The highest BCUT2D eigenvalue weighted by Gasteiger charge is 2.24. The van der Waals surface area contributed by atoms with Crippen LogP contribution in [0.1, 0.15) is 55.7 Å². The molecule has 0 fully saturated rings. The van der Waals surface area contributed by atoms with Gasteiger partial charge in [-0.05, 0) is 54.0 Å². The summed E-state index contributed by atoms with van der Waals surface area (Å²) in [4.78, 5) is 37.0. The van der Waals surface area contributed by atoms with Crippen LogP contribution in [-0.2, 0) is 9.53 Å². The number of hydrogen-bond donors (Lipinski definition) is 1. The van der Waals surface area contributed by atoms with Crippen LogP contribution in [0.2, 0.25) is 0 Å². The molecule has 1 N–H and O–H groups in total. The molecule has 27 heavy (non-hydrogen) atoms. The maximum Gasteiger partial charge on any atom is 0.348 e. The maximum atomic E-state index is 12.4. The summed E-state index contributed by atoms with van der Waals surface area (Å²) in [6.45, 7) is 14.4. The summed E-state index contributed by atoms with van der Waals surface area (Å²) in [5.41, 5.74) is 0.487. The number of fused-ring (bicyclic) bond motifs is 1. The maximum absolute atomic E-state index is 12.4. The Bertz CT molecular complexity index is 855. The van der Waals surface area contributed by atoms with E-state index in [1.807, 2.05) is 46.4 Å². The van der Waals surface area contributed by atoms with Gasteiger partial charge in [-0.15, -0.1) is 11.3 Å². The number of carbonyl (C=O) groups excluding carboxylic acids is 2. The van der Waals surface area contributed by atoms with Crippen molar-refractivity contribution < 1.29 is 14.3 Å². The Labute approximate surface area is 164 Å². The second-order valence-corrected chi connectivity index (χ2v) is 8.36. The highest BCUT2D eigenvalue weighted by molar-refractivity contribution is 7.20. The Morgan fingerprint density at radius 2 is 1.85 bits per heavy atom. The molecule has 0 aliphatic carbocycles. The predicted octanol–water partition coefficient (Wildman–Crippen LogP) is 3.23. The quantitative estimate of drug-likeness (QED) is 0.760. The van der Waals surface area contributed by atoms with Crippen molar-refractivity contribution >= 4 is 39.2 Å². The van der Waals surface area contributed by atoms with Crippen LogP contribution in [0, 0.1) is 13.8 Å². The van der Waals surface area contributed by atoms with Gasteiger partial charge < -0.3 is 15.0 Å². The molecule has 8 heteroatoms. The monoisotopic (exact) mass is 392 g/mol. The molecule has 0 atom stereocenters. The Kier molecular flexibility index (Phi) is 6.41. The van der Waals surface area contributed by atoms with E-state index in [9.17, 15) is 9.59 Å².